The van der Waals surface area contributed by atoms with E-state index >= 15 is 0 Å². The Hall–Kier alpha value is 1.77. The third-order valence-corrected chi connectivity index (χ3v) is 3.85. The fourth-order valence-electron chi connectivity index (χ4n) is 1.23. The molecule has 0 saturated carbocycles. The van der Waals surface area contributed by atoms with Crippen LogP contribution in [0.3, 0.4) is 0 Å². The summed E-state index contributed by atoms with van der Waals surface area (Å²) in [6.45, 7) is 2.78. The molecule has 0 unspecified atom stereocenters. The van der Waals surface area contributed by atoms with Crippen LogP contribution in [0.4, 0.5) is 0 Å². The molecule has 0 aliphatic heterocycles. The molecule has 0 aromatic heterocycles. The monoisotopic (exact) mass is 454 g/mol. The SMILES string of the molecule is C=C(CC(=O)OCCCS(=O)(=O)O)C(=O)OCCCS(=O)(=O)O.[KH].[KH]. The molecule has 0 aliphatic carbocycles. The predicted octanol–water partition coefficient (Wildman–Crippen LogP) is -1.72. The van der Waals surface area contributed by atoms with E-state index in [9.17, 15) is 26.4 Å². The van der Waals surface area contributed by atoms with Gasteiger partial charge in [0.2, 0.25) is 0 Å². The molecule has 0 bridgehead atoms. The summed E-state index contributed by atoms with van der Waals surface area (Å²) in [5.74, 6) is -2.88. The van der Waals surface area contributed by atoms with Crippen LogP contribution in [-0.2, 0) is 39.3 Å². The molecule has 0 aromatic rings. The van der Waals surface area contributed by atoms with Crippen molar-refractivity contribution in [2.45, 2.75) is 19.3 Å². The first-order chi connectivity index (χ1) is 10.4. The summed E-state index contributed by atoms with van der Waals surface area (Å²) >= 11 is 0. The molecule has 0 aromatic carbocycles. The van der Waals surface area contributed by atoms with Crippen molar-refractivity contribution in [2.24, 2.45) is 0 Å². The van der Waals surface area contributed by atoms with Gasteiger partial charge in [0.25, 0.3) is 20.2 Å². The van der Waals surface area contributed by atoms with E-state index in [0.29, 0.717) is 0 Å². The van der Waals surface area contributed by atoms with E-state index in [4.69, 9.17) is 9.11 Å². The molecule has 0 heterocycles. The van der Waals surface area contributed by atoms with Crippen molar-refractivity contribution in [1.29, 1.82) is 0 Å². The van der Waals surface area contributed by atoms with E-state index in [2.05, 4.69) is 16.1 Å². The number of carbonyl (C=O) groups excluding carboxylic acids is 2. The van der Waals surface area contributed by atoms with Crippen molar-refractivity contribution >= 4 is 135 Å². The molecule has 0 spiro atoms. The van der Waals surface area contributed by atoms with Gasteiger partial charge < -0.3 is 9.47 Å². The zero-order valence-corrected chi connectivity index (χ0v) is 13.8. The molecule has 14 heteroatoms. The molecular weight excluding hydrogens is 434 g/mol. The van der Waals surface area contributed by atoms with Crippen LogP contribution in [0.25, 0.3) is 0 Å². The number of rotatable bonds is 11. The standard InChI is InChI=1S/C11H18O10S2.2K.2H/c1-9(11(13)21-5-3-7-23(17,18)19)8-10(12)20-4-2-6-22(14,15)16;;;;/h1-8H2,(H,14,15,16)(H,17,18,19);;;;. The molecule has 0 aliphatic rings. The Morgan fingerprint density at radius 3 is 1.64 bits per heavy atom. The van der Waals surface area contributed by atoms with Crippen molar-refractivity contribution in [1.82, 2.24) is 0 Å². The number of carbonyl (C=O) groups is 2. The third-order valence-electron chi connectivity index (χ3n) is 2.24. The Bertz CT molecular complexity index is 642. The zero-order chi connectivity index (χ0) is 18.1. The average molecular weight is 455 g/mol. The van der Waals surface area contributed by atoms with Gasteiger partial charge in [0.15, 0.2) is 0 Å². The average Bonchev–Trinajstić information content (AvgIpc) is 2.37. The first-order valence-electron chi connectivity index (χ1n) is 6.31. The van der Waals surface area contributed by atoms with E-state index in [0.717, 1.165) is 0 Å². The second-order valence-corrected chi connectivity index (χ2v) is 7.56. The van der Waals surface area contributed by atoms with E-state index in [1.807, 2.05) is 0 Å². The van der Waals surface area contributed by atoms with Gasteiger partial charge in [0.1, 0.15) is 0 Å². The minimum absolute atomic E-state index is 0. The molecule has 0 saturated heterocycles. The summed E-state index contributed by atoms with van der Waals surface area (Å²) < 4.78 is 67.9. The normalized spacial score (nSPS) is 10.8. The maximum atomic E-state index is 11.4. The Morgan fingerprint density at radius 2 is 1.24 bits per heavy atom. The van der Waals surface area contributed by atoms with Crippen LogP contribution in [0.15, 0.2) is 12.2 Å². The number of esters is 2. The molecule has 10 nitrogen and oxygen atoms in total. The summed E-state index contributed by atoms with van der Waals surface area (Å²) in [5.41, 5.74) is -0.225. The summed E-state index contributed by atoms with van der Waals surface area (Å²) in [7, 11) is -8.26. The van der Waals surface area contributed by atoms with Crippen LogP contribution < -0.4 is 0 Å². The molecule has 0 fully saturated rings. The van der Waals surface area contributed by atoms with Crippen molar-refractivity contribution in [3.05, 3.63) is 12.2 Å². The minimum atomic E-state index is -4.13. The predicted molar refractivity (Wildman–Crippen MR) is 92.0 cm³/mol. The van der Waals surface area contributed by atoms with Gasteiger partial charge in [-0.1, -0.05) is 6.58 Å². The Labute approximate surface area is 231 Å². The van der Waals surface area contributed by atoms with Crippen LogP contribution in [0.5, 0.6) is 0 Å². The Morgan fingerprint density at radius 1 is 0.840 bits per heavy atom. The van der Waals surface area contributed by atoms with Gasteiger partial charge in [-0.15, -0.1) is 0 Å². The molecule has 2 N–H and O–H groups in total. The summed E-state index contributed by atoms with van der Waals surface area (Å²) in [6.07, 6.45) is -0.696. The molecule has 0 rings (SSSR count). The van der Waals surface area contributed by atoms with Crippen molar-refractivity contribution in [3.8, 4) is 0 Å². The van der Waals surface area contributed by atoms with Gasteiger partial charge in [-0.05, 0) is 12.8 Å². The molecule has 25 heavy (non-hydrogen) atoms. The van der Waals surface area contributed by atoms with E-state index in [-0.39, 0.29) is 134 Å². The number of ether oxygens (including phenoxy) is 2. The van der Waals surface area contributed by atoms with E-state index in [1.54, 1.807) is 0 Å². The Balaban J connectivity index is -0.00000242. The van der Waals surface area contributed by atoms with Gasteiger partial charge in [0.05, 0.1) is 31.1 Å². The number of hydrogen-bond donors (Lipinski definition) is 2. The number of hydrogen-bond acceptors (Lipinski definition) is 8. The van der Waals surface area contributed by atoms with Crippen molar-refractivity contribution in [3.63, 3.8) is 0 Å². The maximum absolute atomic E-state index is 11.4. The first kappa shape index (κ1) is 31.5. The summed E-state index contributed by atoms with van der Waals surface area (Å²) in [5, 5.41) is 0. The van der Waals surface area contributed by atoms with Crippen LogP contribution in [0.1, 0.15) is 19.3 Å². The van der Waals surface area contributed by atoms with Gasteiger partial charge in [-0.25, -0.2) is 4.79 Å². The van der Waals surface area contributed by atoms with Crippen LogP contribution >= 0.6 is 0 Å². The molecule has 0 amide bonds. The van der Waals surface area contributed by atoms with Gasteiger partial charge in [-0.3, -0.25) is 13.9 Å². The van der Waals surface area contributed by atoms with Crippen molar-refractivity contribution in [2.75, 3.05) is 24.7 Å². The zero-order valence-electron chi connectivity index (χ0n) is 12.1. The summed E-state index contributed by atoms with van der Waals surface area (Å²) in [6, 6.07) is 0. The van der Waals surface area contributed by atoms with Gasteiger partial charge in [-0.2, -0.15) is 16.8 Å². The van der Waals surface area contributed by atoms with Crippen LogP contribution in [0.2, 0.25) is 0 Å². The van der Waals surface area contributed by atoms with Gasteiger partial charge >= 0.3 is 115 Å². The Kier molecular flexibility index (Phi) is 19.7. The van der Waals surface area contributed by atoms with Crippen molar-refractivity contribution < 1.29 is 45.0 Å². The van der Waals surface area contributed by atoms with Gasteiger partial charge in [0, 0.05) is 5.57 Å². The second-order valence-electron chi connectivity index (χ2n) is 4.42. The van der Waals surface area contributed by atoms with E-state index in [1.165, 1.54) is 0 Å². The third kappa shape index (κ3) is 21.9. The van der Waals surface area contributed by atoms with E-state index < -0.39 is 50.1 Å². The fraction of sp³-hybridized carbons (Fsp3) is 0.636. The van der Waals surface area contributed by atoms with Crippen LogP contribution in [0, 0.1) is 0 Å². The topological polar surface area (TPSA) is 161 Å². The fourth-order valence-corrected chi connectivity index (χ4v) is 2.20. The quantitative estimate of drug-likeness (QED) is 0.121. The second kappa shape index (κ2) is 15.7. The molecular formula is C11H20K2O10S2. The molecule has 138 valence electrons. The molecule has 0 radical (unpaired) electrons. The van der Waals surface area contributed by atoms with Crippen LogP contribution in [-0.4, -0.2) is 165 Å². The summed E-state index contributed by atoms with van der Waals surface area (Å²) in [4.78, 5) is 22.7. The molecule has 0 atom stereocenters. The first-order valence-corrected chi connectivity index (χ1v) is 9.53.